The molecule has 6 heteroatoms. The van der Waals surface area contributed by atoms with E-state index in [1.807, 2.05) is 33.9 Å². The number of nitrogens with two attached hydrogens (primary N) is 1. The Bertz CT molecular complexity index is 553. The molecule has 0 aliphatic rings. The van der Waals surface area contributed by atoms with Gasteiger partial charge in [0.15, 0.2) is 8.32 Å². The molecule has 0 heterocycles. The van der Waals surface area contributed by atoms with Crippen LogP contribution in [0.5, 0.6) is 0 Å². The quantitative estimate of drug-likeness (QED) is 0.729. The molecule has 23 heavy (non-hydrogen) atoms. The van der Waals surface area contributed by atoms with Crippen molar-refractivity contribution < 1.29 is 17.6 Å². The number of hydrogen-bond acceptors (Lipinski definition) is 2. The zero-order valence-corrected chi connectivity index (χ0v) is 16.0. The highest BCUT2D eigenvalue weighted by Crippen LogP contribution is 2.42. The monoisotopic (exact) mass is 347 g/mol. The summed E-state index contributed by atoms with van der Waals surface area (Å²) in [5, 5.41) is -0.205. The van der Waals surface area contributed by atoms with Gasteiger partial charge in [0.2, 0.25) is 0 Å². The van der Waals surface area contributed by atoms with Gasteiger partial charge in [-0.15, -0.1) is 0 Å². The van der Waals surface area contributed by atoms with Crippen molar-refractivity contribution >= 4 is 8.32 Å². The molecule has 0 saturated heterocycles. The molecule has 2 atom stereocenters. The van der Waals surface area contributed by atoms with Crippen LogP contribution in [0.25, 0.3) is 0 Å². The first-order chi connectivity index (χ1) is 10.2. The molecule has 0 aliphatic heterocycles. The van der Waals surface area contributed by atoms with Crippen LogP contribution in [-0.4, -0.2) is 14.4 Å². The van der Waals surface area contributed by atoms with E-state index in [4.69, 9.17) is 10.2 Å². The zero-order valence-electron chi connectivity index (χ0n) is 15.0. The number of halogens is 3. The predicted molar refractivity (Wildman–Crippen MR) is 90.6 cm³/mol. The summed E-state index contributed by atoms with van der Waals surface area (Å²) in [6.07, 6.45) is -1.42. The summed E-state index contributed by atoms with van der Waals surface area (Å²) in [5.41, 5.74) is 5.08. The summed E-state index contributed by atoms with van der Waals surface area (Å²) < 4.78 is 49.8. The number of hydrogen-bond donors (Lipinski definition) is 1. The number of benzene rings is 1. The lowest BCUT2D eigenvalue weighted by molar-refractivity contribution is -0.102. The maximum Gasteiger partial charge on any atom is 0.300 e. The van der Waals surface area contributed by atoms with Crippen molar-refractivity contribution in [3.05, 3.63) is 35.1 Å². The summed E-state index contributed by atoms with van der Waals surface area (Å²) in [6.45, 7) is 12.6. The fraction of sp³-hybridized carbons (Fsp3) is 0.647. The van der Waals surface area contributed by atoms with Crippen molar-refractivity contribution in [3.8, 4) is 0 Å². The second-order valence-corrected chi connectivity index (χ2v) is 12.4. The molecule has 0 radical (unpaired) electrons. The average molecular weight is 347 g/mol. The minimum atomic E-state index is -3.43. The maximum atomic E-state index is 14.8. The lowest BCUT2D eigenvalue weighted by atomic mass is 9.98. The summed E-state index contributed by atoms with van der Waals surface area (Å²) >= 11 is 0. The van der Waals surface area contributed by atoms with E-state index in [0.717, 1.165) is 6.07 Å². The molecule has 0 aliphatic carbocycles. The van der Waals surface area contributed by atoms with Crippen molar-refractivity contribution in [2.45, 2.75) is 70.8 Å². The Kier molecular flexibility index (Phi) is 5.77. The Labute approximate surface area is 138 Å². The van der Waals surface area contributed by atoms with Crippen LogP contribution >= 0.6 is 0 Å². The second-order valence-electron chi connectivity index (χ2n) is 7.64. The molecule has 0 bridgehead atoms. The molecule has 1 rings (SSSR count). The Morgan fingerprint density at radius 3 is 2.09 bits per heavy atom. The molecule has 0 saturated carbocycles. The molecule has 2 unspecified atom stereocenters. The molecule has 1 aromatic carbocycles. The predicted octanol–water partition coefficient (Wildman–Crippen LogP) is 5.35. The molecule has 132 valence electrons. The molecule has 0 spiro atoms. The van der Waals surface area contributed by atoms with Gasteiger partial charge in [-0.05, 0) is 38.0 Å². The van der Waals surface area contributed by atoms with Gasteiger partial charge in [0.1, 0.15) is 11.9 Å². The van der Waals surface area contributed by atoms with Gasteiger partial charge in [0.05, 0.1) is 5.56 Å². The third kappa shape index (κ3) is 4.16. The van der Waals surface area contributed by atoms with Crippen LogP contribution in [0.3, 0.4) is 0 Å². The van der Waals surface area contributed by atoms with Crippen LogP contribution in [0.2, 0.25) is 18.1 Å². The number of rotatable bonds is 5. The first kappa shape index (κ1) is 20.2. The van der Waals surface area contributed by atoms with E-state index in [1.54, 1.807) is 6.92 Å². The number of alkyl halides is 2. The van der Waals surface area contributed by atoms with E-state index in [0.29, 0.717) is 0 Å². The molecular weight excluding hydrogens is 319 g/mol. The fourth-order valence-corrected chi connectivity index (χ4v) is 3.46. The molecule has 2 N–H and O–H groups in total. The van der Waals surface area contributed by atoms with Crippen molar-refractivity contribution in [2.24, 2.45) is 5.73 Å². The largest absolute Gasteiger partial charge is 0.408 e. The Hall–Kier alpha value is -0.853. The van der Waals surface area contributed by atoms with Gasteiger partial charge in [-0.25, -0.2) is 4.39 Å². The third-order valence-corrected chi connectivity index (χ3v) is 9.22. The van der Waals surface area contributed by atoms with E-state index in [9.17, 15) is 13.2 Å². The molecule has 0 aromatic heterocycles. The van der Waals surface area contributed by atoms with E-state index in [2.05, 4.69) is 0 Å². The van der Waals surface area contributed by atoms with E-state index < -0.39 is 37.8 Å². The standard InChI is InChI=1S/C17H28F3NOSi/c1-11(21)13-9-8-10-14(15(13)18)17(19,20)12(2)22-23(6,7)16(3,4)5/h8-12H,21H2,1-7H3. The molecular formula is C17H28F3NOSi. The lowest BCUT2D eigenvalue weighted by Crippen LogP contribution is -2.47. The van der Waals surface area contributed by atoms with Crippen molar-refractivity contribution in [3.63, 3.8) is 0 Å². The second kappa shape index (κ2) is 6.57. The topological polar surface area (TPSA) is 35.2 Å². The summed E-state index contributed by atoms with van der Waals surface area (Å²) in [7, 11) is -2.39. The summed E-state index contributed by atoms with van der Waals surface area (Å²) in [4.78, 5) is 0. The smallest absolute Gasteiger partial charge is 0.300 e. The first-order valence-electron chi connectivity index (χ1n) is 7.82. The van der Waals surface area contributed by atoms with Gasteiger partial charge in [0.25, 0.3) is 5.92 Å². The highest BCUT2D eigenvalue weighted by Gasteiger charge is 2.47. The molecule has 2 nitrogen and oxygen atoms in total. The normalized spacial score (nSPS) is 16.3. The van der Waals surface area contributed by atoms with Crippen LogP contribution in [0, 0.1) is 5.82 Å². The summed E-state index contributed by atoms with van der Waals surface area (Å²) in [6, 6.07) is 3.29. The van der Waals surface area contributed by atoms with Gasteiger partial charge >= 0.3 is 0 Å². The highest BCUT2D eigenvalue weighted by atomic mass is 28.4. The van der Waals surface area contributed by atoms with Crippen molar-refractivity contribution in [1.29, 1.82) is 0 Å². The highest BCUT2D eigenvalue weighted by molar-refractivity contribution is 6.74. The fourth-order valence-electron chi connectivity index (χ4n) is 2.07. The maximum absolute atomic E-state index is 14.8. The zero-order chi connectivity index (χ0) is 18.2. The van der Waals surface area contributed by atoms with Crippen molar-refractivity contribution in [2.75, 3.05) is 0 Å². The SMILES string of the molecule is CC(N)c1cccc(C(F)(F)C(C)O[Si](C)(C)C(C)(C)C)c1F. The molecule has 0 fully saturated rings. The van der Waals surface area contributed by atoms with Crippen LogP contribution in [0.15, 0.2) is 18.2 Å². The van der Waals surface area contributed by atoms with E-state index >= 15 is 0 Å². The van der Waals surface area contributed by atoms with Crippen molar-refractivity contribution in [1.82, 2.24) is 0 Å². The van der Waals surface area contributed by atoms with Gasteiger partial charge in [-0.1, -0.05) is 32.9 Å². The molecule has 1 aromatic rings. The lowest BCUT2D eigenvalue weighted by Gasteiger charge is -2.40. The third-order valence-electron chi connectivity index (χ3n) is 4.67. The van der Waals surface area contributed by atoms with Gasteiger partial charge in [-0.3, -0.25) is 0 Å². The van der Waals surface area contributed by atoms with Crippen LogP contribution in [0.4, 0.5) is 13.2 Å². The Morgan fingerprint density at radius 2 is 1.65 bits per heavy atom. The van der Waals surface area contributed by atoms with Crippen LogP contribution in [0.1, 0.15) is 51.8 Å². The minimum Gasteiger partial charge on any atom is -0.408 e. The summed E-state index contributed by atoms with van der Waals surface area (Å²) in [5.74, 6) is -4.37. The van der Waals surface area contributed by atoms with Gasteiger partial charge < -0.3 is 10.2 Å². The molecule has 0 amide bonds. The Morgan fingerprint density at radius 1 is 1.13 bits per heavy atom. The van der Waals surface area contributed by atoms with Crippen LogP contribution in [-0.2, 0) is 10.3 Å². The van der Waals surface area contributed by atoms with Gasteiger partial charge in [0, 0.05) is 11.6 Å². The minimum absolute atomic E-state index is 0.0849. The Balaban J connectivity index is 3.19. The average Bonchev–Trinajstić information content (AvgIpc) is 2.36. The first-order valence-corrected chi connectivity index (χ1v) is 10.7. The van der Waals surface area contributed by atoms with E-state index in [1.165, 1.54) is 19.1 Å². The van der Waals surface area contributed by atoms with Gasteiger partial charge in [-0.2, -0.15) is 8.78 Å². The van der Waals surface area contributed by atoms with Crippen LogP contribution < -0.4 is 5.73 Å². The van der Waals surface area contributed by atoms with E-state index in [-0.39, 0.29) is 10.6 Å².